The first-order valence-electron chi connectivity index (χ1n) is 4.85. The molecule has 0 aliphatic carbocycles. The van der Waals surface area contributed by atoms with Crippen molar-refractivity contribution in [2.45, 2.75) is 4.90 Å². The van der Waals surface area contributed by atoms with Gasteiger partial charge in [-0.15, -0.1) is 0 Å². The lowest BCUT2D eigenvalue weighted by Gasteiger charge is -2.06. The molecule has 0 aliphatic rings. The zero-order valence-electron chi connectivity index (χ0n) is 9.37. The molecule has 5 N–H and O–H groups in total. The molecule has 1 aromatic rings. The highest BCUT2D eigenvalue weighted by Gasteiger charge is 2.14. The van der Waals surface area contributed by atoms with Crippen molar-refractivity contribution in [2.75, 3.05) is 25.5 Å². The fraction of sp³-hybridized carbons (Fsp3) is 0.375. The third-order valence-corrected chi connectivity index (χ3v) is 3.16. The monoisotopic (exact) mass is 275 g/mol. The van der Waals surface area contributed by atoms with Gasteiger partial charge < -0.3 is 16.2 Å². The van der Waals surface area contributed by atoms with E-state index in [0.29, 0.717) is 0 Å². The maximum absolute atomic E-state index is 11.7. The lowest BCUT2D eigenvalue weighted by atomic mass is 10.6. The van der Waals surface area contributed by atoms with E-state index in [1.165, 1.54) is 0 Å². The van der Waals surface area contributed by atoms with Crippen molar-refractivity contribution in [3.8, 4) is 0 Å². The van der Waals surface area contributed by atoms with E-state index in [-0.39, 0.29) is 30.6 Å². The van der Waals surface area contributed by atoms with Crippen LogP contribution in [0.15, 0.2) is 17.3 Å². The molecule has 0 spiro atoms. The van der Waals surface area contributed by atoms with Gasteiger partial charge in [0.05, 0.1) is 19.0 Å². The van der Waals surface area contributed by atoms with Crippen LogP contribution in [-0.2, 0) is 19.6 Å². The highest BCUT2D eigenvalue weighted by molar-refractivity contribution is 7.89. The van der Waals surface area contributed by atoms with Crippen molar-refractivity contribution in [3.63, 3.8) is 0 Å². The molecule has 18 heavy (non-hydrogen) atoms. The summed E-state index contributed by atoms with van der Waals surface area (Å²) in [5.41, 5.74) is 10.1. The number of sulfonamides is 1. The summed E-state index contributed by atoms with van der Waals surface area (Å²) in [5.74, 6) is -0.636. The number of carbonyl (C=O) groups excluding carboxylic acids is 1. The number of anilines is 1. The highest BCUT2D eigenvalue weighted by Crippen LogP contribution is 2.05. The average molecular weight is 275 g/mol. The van der Waals surface area contributed by atoms with E-state index >= 15 is 0 Å². The molecule has 1 rings (SSSR count). The molecule has 9 nitrogen and oxygen atoms in total. The Morgan fingerprint density at radius 2 is 2.00 bits per heavy atom. The lowest BCUT2D eigenvalue weighted by molar-refractivity contribution is -0.122. The maximum atomic E-state index is 11.7. The van der Waals surface area contributed by atoms with Crippen LogP contribution in [0, 0.1) is 0 Å². The number of aromatic nitrogens is 2. The fourth-order valence-corrected chi connectivity index (χ4v) is 1.87. The summed E-state index contributed by atoms with van der Waals surface area (Å²) in [5, 5.41) is 0. The molecule has 1 amide bonds. The van der Waals surface area contributed by atoms with Crippen molar-refractivity contribution < 1.29 is 17.9 Å². The molecule has 0 fully saturated rings. The van der Waals surface area contributed by atoms with Gasteiger partial charge in [0.1, 0.15) is 11.5 Å². The van der Waals surface area contributed by atoms with Crippen molar-refractivity contribution in [3.05, 3.63) is 12.4 Å². The van der Waals surface area contributed by atoms with E-state index < -0.39 is 15.9 Å². The molecule has 10 heteroatoms. The Hall–Kier alpha value is -1.78. The predicted molar refractivity (Wildman–Crippen MR) is 61.6 cm³/mol. The van der Waals surface area contributed by atoms with Gasteiger partial charge in [-0.2, -0.15) is 0 Å². The molecule has 0 bridgehead atoms. The van der Waals surface area contributed by atoms with Gasteiger partial charge in [0.15, 0.2) is 0 Å². The Balaban J connectivity index is 2.45. The molecule has 1 heterocycles. The molecular formula is C8H13N5O4S. The van der Waals surface area contributed by atoms with Crippen LogP contribution in [0.2, 0.25) is 0 Å². The summed E-state index contributed by atoms with van der Waals surface area (Å²) in [7, 11) is -3.70. The number of amides is 1. The summed E-state index contributed by atoms with van der Waals surface area (Å²) < 4.78 is 30.4. The minimum absolute atomic E-state index is 0.0000102. The third kappa shape index (κ3) is 4.61. The number of rotatable bonds is 7. The summed E-state index contributed by atoms with van der Waals surface area (Å²) in [6, 6.07) is 0. The fourth-order valence-electron chi connectivity index (χ4n) is 0.969. The molecule has 0 radical (unpaired) electrons. The summed E-state index contributed by atoms with van der Waals surface area (Å²) in [4.78, 5) is 17.4. The van der Waals surface area contributed by atoms with Crippen LogP contribution in [0.4, 0.5) is 5.95 Å². The van der Waals surface area contributed by atoms with Crippen LogP contribution in [-0.4, -0.2) is 44.1 Å². The van der Waals surface area contributed by atoms with E-state index in [9.17, 15) is 13.2 Å². The van der Waals surface area contributed by atoms with Crippen molar-refractivity contribution >= 4 is 21.9 Å². The molecule has 0 atom stereocenters. The Bertz CT molecular complexity index is 501. The average Bonchev–Trinajstić information content (AvgIpc) is 2.28. The minimum atomic E-state index is -3.70. The van der Waals surface area contributed by atoms with E-state index in [1.54, 1.807) is 0 Å². The van der Waals surface area contributed by atoms with Crippen molar-refractivity contribution in [2.24, 2.45) is 5.73 Å². The van der Waals surface area contributed by atoms with E-state index in [1.807, 2.05) is 0 Å². The minimum Gasteiger partial charge on any atom is -0.370 e. The number of nitrogens with zero attached hydrogens (tertiary/aromatic N) is 2. The van der Waals surface area contributed by atoms with E-state index in [0.717, 1.165) is 12.4 Å². The summed E-state index contributed by atoms with van der Waals surface area (Å²) in [6.45, 7) is -0.231. The molecule has 0 aliphatic heterocycles. The van der Waals surface area contributed by atoms with Crippen LogP contribution in [0.5, 0.6) is 0 Å². The molecule has 0 saturated heterocycles. The molecule has 0 saturated carbocycles. The second-order valence-electron chi connectivity index (χ2n) is 3.19. The van der Waals surface area contributed by atoms with E-state index in [4.69, 9.17) is 16.2 Å². The summed E-state index contributed by atoms with van der Waals surface area (Å²) >= 11 is 0. The normalized spacial score (nSPS) is 11.3. The number of nitrogen functional groups attached to an aromatic ring is 1. The first kappa shape index (κ1) is 14.3. The van der Waals surface area contributed by atoms with Crippen molar-refractivity contribution in [1.82, 2.24) is 14.7 Å². The highest BCUT2D eigenvalue weighted by atomic mass is 32.2. The lowest BCUT2D eigenvalue weighted by Crippen LogP contribution is -2.29. The topological polar surface area (TPSA) is 150 Å². The van der Waals surface area contributed by atoms with Gasteiger partial charge in [0, 0.05) is 6.54 Å². The quantitative estimate of drug-likeness (QED) is 0.479. The number of nitrogens with two attached hydrogens (primary N) is 2. The summed E-state index contributed by atoms with van der Waals surface area (Å²) in [6.07, 6.45) is 2.18. The van der Waals surface area contributed by atoms with Gasteiger partial charge in [0.25, 0.3) is 0 Å². The van der Waals surface area contributed by atoms with Gasteiger partial charge in [0.2, 0.25) is 21.9 Å². The van der Waals surface area contributed by atoms with Crippen LogP contribution < -0.4 is 16.2 Å². The number of hydrogen-bond donors (Lipinski definition) is 3. The largest absolute Gasteiger partial charge is 0.370 e. The number of primary amides is 1. The first-order chi connectivity index (χ1) is 8.42. The molecule has 100 valence electrons. The van der Waals surface area contributed by atoms with Crippen LogP contribution in [0.1, 0.15) is 0 Å². The number of carbonyl (C=O) groups is 1. The van der Waals surface area contributed by atoms with Crippen LogP contribution >= 0.6 is 0 Å². The van der Waals surface area contributed by atoms with Gasteiger partial charge in [-0.1, -0.05) is 0 Å². The Kier molecular flexibility index (Phi) is 4.95. The maximum Gasteiger partial charge on any atom is 0.243 e. The molecular weight excluding hydrogens is 262 g/mol. The smallest absolute Gasteiger partial charge is 0.243 e. The van der Waals surface area contributed by atoms with Crippen LogP contribution in [0.3, 0.4) is 0 Å². The third-order valence-electron chi connectivity index (χ3n) is 1.74. The van der Waals surface area contributed by atoms with Gasteiger partial charge >= 0.3 is 0 Å². The van der Waals surface area contributed by atoms with Gasteiger partial charge in [-0.25, -0.2) is 23.1 Å². The van der Waals surface area contributed by atoms with Crippen LogP contribution in [0.25, 0.3) is 0 Å². The molecule has 0 aromatic carbocycles. The predicted octanol–water partition coefficient (Wildman–Crippen LogP) is -2.16. The Labute approximate surface area is 104 Å². The molecule has 0 unspecified atom stereocenters. The van der Waals surface area contributed by atoms with E-state index in [2.05, 4.69) is 14.7 Å². The standard InChI is InChI=1S/C8H13N5O4S/c9-7(14)5-17-2-1-13-18(15,16)6-3-11-8(10)12-4-6/h3-4,13H,1-2,5H2,(H2,9,14)(H2,10,11,12). The second kappa shape index (κ2) is 6.23. The van der Waals surface area contributed by atoms with Crippen molar-refractivity contribution in [1.29, 1.82) is 0 Å². The zero-order chi connectivity index (χ0) is 13.6. The van der Waals surface area contributed by atoms with Gasteiger partial charge in [-0.05, 0) is 0 Å². The Morgan fingerprint density at radius 1 is 1.39 bits per heavy atom. The SMILES string of the molecule is NC(=O)COCCNS(=O)(=O)c1cnc(N)nc1. The first-order valence-corrected chi connectivity index (χ1v) is 6.33. The zero-order valence-corrected chi connectivity index (χ0v) is 10.2. The Morgan fingerprint density at radius 3 is 2.56 bits per heavy atom. The number of nitrogens with one attached hydrogen (secondary N) is 1. The molecule has 1 aromatic heterocycles. The van der Waals surface area contributed by atoms with Gasteiger partial charge in [-0.3, -0.25) is 4.79 Å². The second-order valence-corrected chi connectivity index (χ2v) is 4.96. The number of ether oxygens (including phenoxy) is 1. The number of hydrogen-bond acceptors (Lipinski definition) is 7.